The molecule has 1 fully saturated rings. The van der Waals surface area contributed by atoms with Crippen LogP contribution in [-0.4, -0.2) is 35.1 Å². The fourth-order valence-corrected chi connectivity index (χ4v) is 3.49. The number of carbonyl (C=O) groups excluding carboxylic acids is 4. The Balaban J connectivity index is 1.77. The molecule has 2 N–H and O–H groups in total. The lowest BCUT2D eigenvalue weighted by Gasteiger charge is -2.25. The van der Waals surface area contributed by atoms with Gasteiger partial charge in [-0.15, -0.1) is 0 Å². The van der Waals surface area contributed by atoms with E-state index < -0.39 is 17.5 Å². The highest BCUT2D eigenvalue weighted by Gasteiger charge is 2.51. The summed E-state index contributed by atoms with van der Waals surface area (Å²) < 4.78 is 0. The van der Waals surface area contributed by atoms with Crippen LogP contribution in [0.5, 0.6) is 0 Å². The second-order valence-electron chi connectivity index (χ2n) is 6.99. The van der Waals surface area contributed by atoms with Crippen molar-refractivity contribution >= 4 is 40.9 Å². The second-order valence-corrected chi connectivity index (χ2v) is 7.43. The number of imide groups is 1. The summed E-state index contributed by atoms with van der Waals surface area (Å²) in [4.78, 5) is 50.8. The molecular weight excluding hydrogens is 406 g/mol. The molecule has 2 aromatic rings. The standard InChI is InChI=1S/C22H22ClN3O4/c1-3-19(28)24-17-11-5-14(6-12-17)18(27)13-26-20(29)22(4-2,25-21(26)30)15-7-9-16(23)10-8-15/h5-12H,3-4,13H2,1-2H3,(H,24,28)(H,25,30)/t22-/m0/s1. The molecule has 156 valence electrons. The number of rotatable bonds is 7. The zero-order valence-electron chi connectivity index (χ0n) is 16.7. The molecule has 4 amide bonds. The van der Waals surface area contributed by atoms with E-state index in [1.807, 2.05) is 0 Å². The quantitative estimate of drug-likeness (QED) is 0.520. The highest BCUT2D eigenvalue weighted by atomic mass is 35.5. The first-order chi connectivity index (χ1) is 14.3. The molecule has 0 spiro atoms. The van der Waals surface area contributed by atoms with Gasteiger partial charge in [-0.1, -0.05) is 37.6 Å². The number of nitrogens with zero attached hydrogens (tertiary/aromatic N) is 1. The summed E-state index contributed by atoms with van der Waals surface area (Å²) in [5.41, 5.74) is 0.293. The highest BCUT2D eigenvalue weighted by Crippen LogP contribution is 2.33. The number of benzene rings is 2. The Morgan fingerprint density at radius 3 is 2.23 bits per heavy atom. The van der Waals surface area contributed by atoms with Crippen LogP contribution >= 0.6 is 11.6 Å². The first-order valence-corrected chi connectivity index (χ1v) is 10.0. The summed E-state index contributed by atoms with van der Waals surface area (Å²) in [6.07, 6.45) is 0.676. The maximum atomic E-state index is 13.1. The molecule has 7 nitrogen and oxygen atoms in total. The molecule has 0 aliphatic carbocycles. The van der Waals surface area contributed by atoms with Crippen LogP contribution in [0.25, 0.3) is 0 Å². The normalized spacial score (nSPS) is 18.3. The minimum Gasteiger partial charge on any atom is -0.326 e. The summed E-state index contributed by atoms with van der Waals surface area (Å²) in [5, 5.41) is 5.96. The minimum atomic E-state index is -1.23. The number of carbonyl (C=O) groups is 4. The number of nitrogens with one attached hydrogen (secondary N) is 2. The van der Waals surface area contributed by atoms with E-state index >= 15 is 0 Å². The van der Waals surface area contributed by atoms with Crippen molar-refractivity contribution < 1.29 is 19.2 Å². The van der Waals surface area contributed by atoms with Gasteiger partial charge in [-0.2, -0.15) is 0 Å². The zero-order chi connectivity index (χ0) is 21.9. The lowest BCUT2D eigenvalue weighted by Crippen LogP contribution is -2.43. The third-order valence-electron chi connectivity index (χ3n) is 5.16. The van der Waals surface area contributed by atoms with E-state index in [1.165, 1.54) is 0 Å². The largest absolute Gasteiger partial charge is 0.326 e. The lowest BCUT2D eigenvalue weighted by atomic mass is 9.87. The third kappa shape index (κ3) is 4.07. The van der Waals surface area contributed by atoms with E-state index in [0.717, 1.165) is 4.90 Å². The Morgan fingerprint density at radius 1 is 1.03 bits per heavy atom. The van der Waals surface area contributed by atoms with Crippen molar-refractivity contribution in [2.45, 2.75) is 32.2 Å². The van der Waals surface area contributed by atoms with Crippen molar-refractivity contribution in [3.8, 4) is 0 Å². The van der Waals surface area contributed by atoms with Crippen molar-refractivity contribution in [2.75, 3.05) is 11.9 Å². The molecular formula is C22H22ClN3O4. The topological polar surface area (TPSA) is 95.6 Å². The van der Waals surface area contributed by atoms with Crippen LogP contribution in [0.4, 0.5) is 10.5 Å². The van der Waals surface area contributed by atoms with Crippen molar-refractivity contribution in [1.82, 2.24) is 10.2 Å². The van der Waals surface area contributed by atoms with Crippen LogP contribution in [0.15, 0.2) is 48.5 Å². The molecule has 1 atom stereocenters. The monoisotopic (exact) mass is 427 g/mol. The number of urea groups is 1. The Kier molecular flexibility index (Phi) is 6.22. The number of hydrogen-bond acceptors (Lipinski definition) is 4. The smallest absolute Gasteiger partial charge is 0.325 e. The Labute approximate surface area is 179 Å². The van der Waals surface area contributed by atoms with Gasteiger partial charge in [0, 0.05) is 22.7 Å². The van der Waals surface area contributed by atoms with Crippen LogP contribution in [0.1, 0.15) is 42.6 Å². The van der Waals surface area contributed by atoms with Gasteiger partial charge < -0.3 is 10.6 Å². The fraction of sp³-hybridized carbons (Fsp3) is 0.273. The predicted octanol–water partition coefficient (Wildman–Crippen LogP) is 3.73. The van der Waals surface area contributed by atoms with Crippen molar-refractivity contribution in [1.29, 1.82) is 0 Å². The van der Waals surface area contributed by atoms with Gasteiger partial charge in [-0.3, -0.25) is 19.3 Å². The molecule has 2 aromatic carbocycles. The third-order valence-corrected chi connectivity index (χ3v) is 5.41. The van der Waals surface area contributed by atoms with Gasteiger partial charge >= 0.3 is 6.03 Å². The minimum absolute atomic E-state index is 0.133. The van der Waals surface area contributed by atoms with E-state index in [1.54, 1.807) is 62.4 Å². The van der Waals surface area contributed by atoms with E-state index in [-0.39, 0.29) is 18.2 Å². The Morgan fingerprint density at radius 2 is 1.67 bits per heavy atom. The molecule has 0 radical (unpaired) electrons. The maximum absolute atomic E-state index is 13.1. The van der Waals surface area contributed by atoms with Crippen LogP contribution in [0.3, 0.4) is 0 Å². The van der Waals surface area contributed by atoms with Crippen molar-refractivity contribution in [3.05, 3.63) is 64.7 Å². The van der Waals surface area contributed by atoms with Gasteiger partial charge in [-0.05, 0) is 48.4 Å². The number of anilines is 1. The number of Topliss-reactive ketones (excluding diaryl/α,β-unsaturated/α-hetero) is 1. The van der Waals surface area contributed by atoms with Gasteiger partial charge in [-0.25, -0.2) is 4.79 Å². The van der Waals surface area contributed by atoms with Gasteiger partial charge in [0.15, 0.2) is 5.78 Å². The molecule has 1 aliphatic rings. The first-order valence-electron chi connectivity index (χ1n) is 9.64. The SMILES string of the molecule is CCC(=O)Nc1ccc(C(=O)CN2C(=O)N[C@@](CC)(c3ccc(Cl)cc3)C2=O)cc1. The average Bonchev–Trinajstić information content (AvgIpc) is 2.99. The number of hydrogen-bond donors (Lipinski definition) is 2. The van der Waals surface area contributed by atoms with Crippen LogP contribution in [0.2, 0.25) is 5.02 Å². The van der Waals surface area contributed by atoms with E-state index in [2.05, 4.69) is 10.6 Å². The van der Waals surface area contributed by atoms with Crippen molar-refractivity contribution in [2.24, 2.45) is 0 Å². The summed E-state index contributed by atoms with van der Waals surface area (Å²) in [5.74, 6) is -0.987. The van der Waals surface area contributed by atoms with Crippen LogP contribution in [-0.2, 0) is 15.1 Å². The van der Waals surface area contributed by atoms with Gasteiger partial charge in [0.1, 0.15) is 5.54 Å². The van der Waals surface area contributed by atoms with Gasteiger partial charge in [0.2, 0.25) is 5.91 Å². The van der Waals surface area contributed by atoms with E-state index in [9.17, 15) is 19.2 Å². The van der Waals surface area contributed by atoms with E-state index in [4.69, 9.17) is 11.6 Å². The molecule has 1 saturated heterocycles. The molecule has 30 heavy (non-hydrogen) atoms. The number of ketones is 1. The van der Waals surface area contributed by atoms with Gasteiger partial charge in [0.25, 0.3) is 5.91 Å². The molecule has 1 heterocycles. The average molecular weight is 428 g/mol. The molecule has 0 saturated carbocycles. The summed E-state index contributed by atoms with van der Waals surface area (Å²) in [7, 11) is 0. The highest BCUT2D eigenvalue weighted by molar-refractivity contribution is 6.30. The zero-order valence-corrected chi connectivity index (χ0v) is 17.5. The fourth-order valence-electron chi connectivity index (χ4n) is 3.37. The molecule has 1 aliphatic heterocycles. The first kappa shape index (κ1) is 21.5. The summed E-state index contributed by atoms with van der Waals surface area (Å²) >= 11 is 5.93. The Bertz CT molecular complexity index is 988. The Hall–Kier alpha value is -3.19. The van der Waals surface area contributed by atoms with Gasteiger partial charge in [0.05, 0.1) is 6.54 Å². The molecule has 3 rings (SSSR count). The molecule has 0 bridgehead atoms. The summed E-state index contributed by atoms with van der Waals surface area (Å²) in [6, 6.07) is 12.4. The predicted molar refractivity (Wildman–Crippen MR) is 113 cm³/mol. The van der Waals surface area contributed by atoms with Crippen molar-refractivity contribution in [3.63, 3.8) is 0 Å². The molecule has 8 heteroatoms. The lowest BCUT2D eigenvalue weighted by molar-refractivity contribution is -0.131. The number of amides is 4. The van der Waals surface area contributed by atoms with E-state index in [0.29, 0.717) is 34.7 Å². The summed E-state index contributed by atoms with van der Waals surface area (Å²) in [6.45, 7) is 3.16. The maximum Gasteiger partial charge on any atom is 0.325 e. The molecule has 0 aromatic heterocycles. The second kappa shape index (κ2) is 8.67. The van der Waals surface area contributed by atoms with Crippen LogP contribution < -0.4 is 10.6 Å². The number of halogens is 1. The molecule has 0 unspecified atom stereocenters. The van der Waals surface area contributed by atoms with Crippen LogP contribution in [0, 0.1) is 0 Å².